The third-order valence-corrected chi connectivity index (χ3v) is 3.82. The summed E-state index contributed by atoms with van der Waals surface area (Å²) >= 11 is 0. The van der Waals surface area contributed by atoms with E-state index in [0.717, 1.165) is 26.1 Å². The van der Waals surface area contributed by atoms with Crippen LogP contribution in [0.2, 0.25) is 0 Å². The number of ether oxygens (including phenoxy) is 2. The van der Waals surface area contributed by atoms with Crippen LogP contribution in [0.25, 0.3) is 0 Å². The molecule has 3 rings (SSSR count). The Balaban J connectivity index is 1.34. The maximum absolute atomic E-state index is 11.9. The lowest BCUT2D eigenvalue weighted by Gasteiger charge is -2.38. The Bertz CT molecular complexity index is 459. The Morgan fingerprint density at radius 2 is 2.05 bits per heavy atom. The molecule has 2 fully saturated rings. The van der Waals surface area contributed by atoms with Gasteiger partial charge in [-0.3, -0.25) is 0 Å². The standard InChI is InChI=1S/C14H20N4O3/c19-14(21-10-11-2-6-20-7-3-11)18-8-12(9-18)17-13-15-4-1-5-16-13/h1,4-5,11-12H,2-3,6-10H2,(H,15,16,17). The van der Waals surface area contributed by atoms with E-state index in [-0.39, 0.29) is 12.1 Å². The normalized spacial score (nSPS) is 19.9. The van der Waals surface area contributed by atoms with Crippen molar-refractivity contribution in [3.8, 4) is 0 Å². The zero-order valence-corrected chi connectivity index (χ0v) is 11.9. The summed E-state index contributed by atoms with van der Waals surface area (Å²) in [4.78, 5) is 21.8. The fourth-order valence-electron chi connectivity index (χ4n) is 2.47. The van der Waals surface area contributed by atoms with Crippen molar-refractivity contribution in [1.82, 2.24) is 14.9 Å². The highest BCUT2D eigenvalue weighted by Crippen LogP contribution is 2.17. The lowest BCUT2D eigenvalue weighted by Crippen LogP contribution is -2.57. The van der Waals surface area contributed by atoms with Crippen molar-refractivity contribution in [2.75, 3.05) is 38.2 Å². The molecular weight excluding hydrogens is 272 g/mol. The lowest BCUT2D eigenvalue weighted by atomic mass is 10.0. The van der Waals surface area contributed by atoms with Gasteiger partial charge in [-0.05, 0) is 24.8 Å². The van der Waals surface area contributed by atoms with Gasteiger partial charge in [-0.25, -0.2) is 14.8 Å². The van der Waals surface area contributed by atoms with E-state index in [0.29, 0.717) is 31.6 Å². The molecule has 0 radical (unpaired) electrons. The van der Waals surface area contributed by atoms with Crippen molar-refractivity contribution in [3.05, 3.63) is 18.5 Å². The zero-order valence-electron chi connectivity index (χ0n) is 11.9. The number of anilines is 1. The lowest BCUT2D eigenvalue weighted by molar-refractivity contribution is 0.0225. The van der Waals surface area contributed by atoms with Gasteiger partial charge < -0.3 is 19.7 Å². The van der Waals surface area contributed by atoms with Crippen molar-refractivity contribution >= 4 is 12.0 Å². The van der Waals surface area contributed by atoms with Gasteiger partial charge in [0.25, 0.3) is 0 Å². The smallest absolute Gasteiger partial charge is 0.409 e. The number of nitrogens with one attached hydrogen (secondary N) is 1. The second-order valence-corrected chi connectivity index (χ2v) is 5.45. The van der Waals surface area contributed by atoms with E-state index in [1.54, 1.807) is 23.4 Å². The van der Waals surface area contributed by atoms with Gasteiger partial charge in [-0.2, -0.15) is 0 Å². The van der Waals surface area contributed by atoms with E-state index in [9.17, 15) is 4.79 Å². The molecule has 0 spiro atoms. The van der Waals surface area contributed by atoms with Crippen LogP contribution in [-0.4, -0.2) is 59.9 Å². The van der Waals surface area contributed by atoms with Gasteiger partial charge >= 0.3 is 6.09 Å². The predicted octanol–water partition coefficient (Wildman–Crippen LogP) is 1.14. The highest BCUT2D eigenvalue weighted by Gasteiger charge is 2.32. The number of likely N-dealkylation sites (tertiary alicyclic amines) is 1. The fourth-order valence-corrected chi connectivity index (χ4v) is 2.47. The summed E-state index contributed by atoms with van der Waals surface area (Å²) in [6, 6.07) is 1.97. The summed E-state index contributed by atoms with van der Waals surface area (Å²) in [5.74, 6) is 1.04. The topological polar surface area (TPSA) is 76.6 Å². The van der Waals surface area contributed by atoms with Crippen molar-refractivity contribution in [2.24, 2.45) is 5.92 Å². The maximum Gasteiger partial charge on any atom is 0.409 e. The van der Waals surface area contributed by atoms with Crippen LogP contribution >= 0.6 is 0 Å². The van der Waals surface area contributed by atoms with Crippen LogP contribution in [0.1, 0.15) is 12.8 Å². The molecule has 1 N–H and O–H groups in total. The van der Waals surface area contributed by atoms with E-state index in [4.69, 9.17) is 9.47 Å². The Morgan fingerprint density at radius 3 is 2.76 bits per heavy atom. The van der Waals surface area contributed by atoms with Crippen LogP contribution in [0.4, 0.5) is 10.7 Å². The molecule has 3 heterocycles. The van der Waals surface area contributed by atoms with Crippen molar-refractivity contribution < 1.29 is 14.3 Å². The van der Waals surface area contributed by atoms with Crippen LogP contribution in [0.5, 0.6) is 0 Å². The summed E-state index contributed by atoms with van der Waals surface area (Å²) in [5, 5.41) is 3.18. The molecule has 0 bridgehead atoms. The Labute approximate surface area is 123 Å². The molecule has 7 heteroatoms. The highest BCUT2D eigenvalue weighted by atomic mass is 16.6. The van der Waals surface area contributed by atoms with Crippen LogP contribution < -0.4 is 5.32 Å². The minimum absolute atomic E-state index is 0.197. The molecule has 7 nitrogen and oxygen atoms in total. The van der Waals surface area contributed by atoms with Crippen molar-refractivity contribution in [2.45, 2.75) is 18.9 Å². The minimum Gasteiger partial charge on any atom is -0.449 e. The van der Waals surface area contributed by atoms with E-state index in [1.165, 1.54) is 0 Å². The molecule has 0 unspecified atom stereocenters. The zero-order chi connectivity index (χ0) is 14.5. The number of amides is 1. The third kappa shape index (κ3) is 3.81. The first-order valence-corrected chi connectivity index (χ1v) is 7.34. The van der Waals surface area contributed by atoms with Gasteiger partial charge in [-0.15, -0.1) is 0 Å². The van der Waals surface area contributed by atoms with Gasteiger partial charge in [0.2, 0.25) is 5.95 Å². The van der Waals surface area contributed by atoms with Crippen LogP contribution in [0.15, 0.2) is 18.5 Å². The maximum atomic E-state index is 11.9. The number of carbonyl (C=O) groups is 1. The molecule has 2 aliphatic heterocycles. The molecular formula is C14H20N4O3. The monoisotopic (exact) mass is 292 g/mol. The molecule has 1 aromatic rings. The molecule has 1 aromatic heterocycles. The number of rotatable bonds is 4. The first kappa shape index (κ1) is 14.1. The summed E-state index contributed by atoms with van der Waals surface area (Å²) < 4.78 is 10.6. The Hall–Kier alpha value is -1.89. The number of nitrogens with zero attached hydrogens (tertiary/aromatic N) is 3. The van der Waals surface area contributed by atoms with Gasteiger partial charge in [0, 0.05) is 38.7 Å². The van der Waals surface area contributed by atoms with E-state index >= 15 is 0 Å². The third-order valence-electron chi connectivity index (χ3n) is 3.82. The molecule has 2 aliphatic rings. The van der Waals surface area contributed by atoms with E-state index in [2.05, 4.69) is 15.3 Å². The van der Waals surface area contributed by atoms with Gasteiger partial charge in [0.05, 0.1) is 12.6 Å². The van der Waals surface area contributed by atoms with Crippen LogP contribution in [0, 0.1) is 5.92 Å². The SMILES string of the molecule is O=C(OCC1CCOCC1)N1CC(Nc2ncccn2)C1. The van der Waals surface area contributed by atoms with Crippen LogP contribution in [0.3, 0.4) is 0 Å². The average Bonchev–Trinajstić information content (AvgIpc) is 2.50. The molecule has 0 saturated carbocycles. The quantitative estimate of drug-likeness (QED) is 0.896. The van der Waals surface area contributed by atoms with Crippen LogP contribution in [-0.2, 0) is 9.47 Å². The Kier molecular flexibility index (Phi) is 4.49. The van der Waals surface area contributed by atoms with E-state index < -0.39 is 0 Å². The summed E-state index contributed by atoms with van der Waals surface area (Å²) in [7, 11) is 0. The highest BCUT2D eigenvalue weighted by molar-refractivity contribution is 5.69. The number of aromatic nitrogens is 2. The second-order valence-electron chi connectivity index (χ2n) is 5.45. The summed E-state index contributed by atoms with van der Waals surface area (Å²) in [5.41, 5.74) is 0. The van der Waals surface area contributed by atoms with Crippen molar-refractivity contribution in [3.63, 3.8) is 0 Å². The Morgan fingerprint density at radius 1 is 1.33 bits per heavy atom. The van der Waals surface area contributed by atoms with Gasteiger partial charge in [0.1, 0.15) is 0 Å². The molecule has 2 saturated heterocycles. The fraction of sp³-hybridized carbons (Fsp3) is 0.643. The molecule has 1 amide bonds. The number of hydrogen-bond donors (Lipinski definition) is 1. The molecule has 21 heavy (non-hydrogen) atoms. The molecule has 0 aliphatic carbocycles. The van der Waals surface area contributed by atoms with Gasteiger partial charge in [0.15, 0.2) is 0 Å². The first-order valence-electron chi connectivity index (χ1n) is 7.34. The molecule has 0 aromatic carbocycles. The molecule has 0 atom stereocenters. The number of hydrogen-bond acceptors (Lipinski definition) is 6. The largest absolute Gasteiger partial charge is 0.449 e. The average molecular weight is 292 g/mol. The summed E-state index contributed by atoms with van der Waals surface area (Å²) in [6.07, 6.45) is 5.10. The summed E-state index contributed by atoms with van der Waals surface area (Å²) in [6.45, 7) is 3.30. The number of carbonyl (C=O) groups excluding carboxylic acids is 1. The van der Waals surface area contributed by atoms with E-state index in [1.807, 2.05) is 0 Å². The van der Waals surface area contributed by atoms with Gasteiger partial charge in [-0.1, -0.05) is 0 Å². The second kappa shape index (κ2) is 6.71. The predicted molar refractivity (Wildman–Crippen MR) is 75.9 cm³/mol. The minimum atomic E-state index is -0.228. The molecule has 114 valence electrons. The first-order chi connectivity index (χ1) is 10.3. The van der Waals surface area contributed by atoms with Crippen molar-refractivity contribution in [1.29, 1.82) is 0 Å².